The maximum Gasteiger partial charge on any atom is 0.320 e. The molecule has 5 rings (SSSR count). The van der Waals surface area contributed by atoms with Crippen LogP contribution >= 0.6 is 15.9 Å². The zero-order valence-electron chi connectivity index (χ0n) is 20.3. The highest BCUT2D eigenvalue weighted by Crippen LogP contribution is 2.41. The van der Waals surface area contributed by atoms with Crippen LogP contribution in [0.1, 0.15) is 36.1 Å². The van der Waals surface area contributed by atoms with Crippen LogP contribution < -0.4 is 9.47 Å². The van der Waals surface area contributed by atoms with Crippen LogP contribution in [0.15, 0.2) is 41.0 Å². The van der Waals surface area contributed by atoms with Gasteiger partial charge in [-0.2, -0.15) is 0 Å². The Labute approximate surface area is 214 Å². The van der Waals surface area contributed by atoms with Gasteiger partial charge in [-0.25, -0.2) is 4.79 Å². The molecule has 0 aliphatic carbocycles. The molecule has 3 heterocycles. The van der Waals surface area contributed by atoms with Crippen LogP contribution in [0.5, 0.6) is 11.5 Å². The van der Waals surface area contributed by atoms with Gasteiger partial charge in [-0.05, 0) is 73.2 Å². The molecule has 1 unspecified atom stereocenters. The molecule has 0 spiro atoms. The lowest BCUT2D eigenvalue weighted by molar-refractivity contribution is 0.0376. The number of nitrogens with zero attached hydrogens (tertiary/aromatic N) is 2. The fourth-order valence-electron chi connectivity index (χ4n) is 5.26. The molecule has 2 amide bonds. The van der Waals surface area contributed by atoms with Gasteiger partial charge in [0.15, 0.2) is 11.5 Å². The first-order valence-corrected chi connectivity index (χ1v) is 13.1. The lowest BCUT2D eigenvalue weighted by Crippen LogP contribution is -2.51. The molecule has 0 saturated carbocycles. The summed E-state index contributed by atoms with van der Waals surface area (Å²) >= 11 is 3.60. The second-order valence-electron chi connectivity index (χ2n) is 9.02. The molecule has 1 fully saturated rings. The summed E-state index contributed by atoms with van der Waals surface area (Å²) in [4.78, 5) is 21.0. The molecule has 2 aromatic carbocycles. The highest BCUT2D eigenvalue weighted by atomic mass is 79.9. The van der Waals surface area contributed by atoms with Crippen LogP contribution in [0, 0.1) is 0 Å². The van der Waals surface area contributed by atoms with Gasteiger partial charge in [0.2, 0.25) is 0 Å². The fraction of sp³-hybridized carbons (Fsp3) is 0.444. The molecule has 1 N–H and O–H groups in total. The number of morpholine rings is 1. The highest BCUT2D eigenvalue weighted by molar-refractivity contribution is 9.10. The maximum absolute atomic E-state index is 13.7. The monoisotopic (exact) mass is 541 g/mol. The minimum atomic E-state index is -0.0451. The van der Waals surface area contributed by atoms with Gasteiger partial charge in [0, 0.05) is 41.2 Å². The van der Waals surface area contributed by atoms with E-state index in [1.54, 1.807) is 7.11 Å². The average Bonchev–Trinajstić information content (AvgIpc) is 3.29. The number of nitrogens with one attached hydrogen (secondary N) is 1. The third-order valence-electron chi connectivity index (χ3n) is 7.03. The second-order valence-corrected chi connectivity index (χ2v) is 9.93. The van der Waals surface area contributed by atoms with Crippen molar-refractivity contribution in [2.75, 3.05) is 46.6 Å². The Morgan fingerprint density at radius 3 is 2.77 bits per heavy atom. The number of benzene rings is 2. The number of aromatic nitrogens is 1. The number of rotatable bonds is 6. The lowest BCUT2D eigenvalue weighted by Gasteiger charge is -2.41. The summed E-state index contributed by atoms with van der Waals surface area (Å²) in [6.07, 6.45) is 4.56. The molecular weight excluding hydrogens is 510 g/mol. The second kappa shape index (κ2) is 10.5. The summed E-state index contributed by atoms with van der Waals surface area (Å²) in [7, 11) is 1.67. The van der Waals surface area contributed by atoms with Gasteiger partial charge >= 0.3 is 6.03 Å². The van der Waals surface area contributed by atoms with Gasteiger partial charge < -0.3 is 29.0 Å². The van der Waals surface area contributed by atoms with E-state index in [0.717, 1.165) is 46.3 Å². The summed E-state index contributed by atoms with van der Waals surface area (Å²) in [6.45, 7) is 5.68. The number of ether oxygens (including phenoxy) is 3. The summed E-state index contributed by atoms with van der Waals surface area (Å²) < 4.78 is 18.1. The van der Waals surface area contributed by atoms with E-state index in [4.69, 9.17) is 14.2 Å². The summed E-state index contributed by atoms with van der Waals surface area (Å²) in [6, 6.07) is 10.5. The van der Waals surface area contributed by atoms with Crippen LogP contribution in [0.25, 0.3) is 10.9 Å². The predicted octanol–water partition coefficient (Wildman–Crippen LogP) is 5.32. The zero-order chi connectivity index (χ0) is 24.4. The van der Waals surface area contributed by atoms with Crippen LogP contribution in [-0.4, -0.2) is 67.4 Å². The third-order valence-corrected chi connectivity index (χ3v) is 7.52. The third kappa shape index (κ3) is 4.86. The first kappa shape index (κ1) is 24.0. The van der Waals surface area contributed by atoms with Gasteiger partial charge in [0.25, 0.3) is 0 Å². The minimum Gasteiger partial charge on any atom is -0.493 e. The smallest absolute Gasteiger partial charge is 0.320 e. The van der Waals surface area contributed by atoms with E-state index in [9.17, 15) is 4.79 Å². The topological polar surface area (TPSA) is 67.0 Å². The van der Waals surface area contributed by atoms with Crippen LogP contribution in [0.2, 0.25) is 0 Å². The van der Waals surface area contributed by atoms with Crippen molar-refractivity contribution >= 4 is 32.9 Å². The molecule has 7 nitrogen and oxygen atoms in total. The molecule has 1 saturated heterocycles. The largest absolute Gasteiger partial charge is 0.493 e. The number of aromatic amines is 1. The highest BCUT2D eigenvalue weighted by Gasteiger charge is 2.34. The van der Waals surface area contributed by atoms with Gasteiger partial charge in [0.05, 0.1) is 33.0 Å². The van der Waals surface area contributed by atoms with E-state index < -0.39 is 0 Å². The van der Waals surface area contributed by atoms with Crippen molar-refractivity contribution in [3.05, 3.63) is 57.7 Å². The number of methoxy groups -OCH3 is 1. The summed E-state index contributed by atoms with van der Waals surface area (Å²) in [5.41, 5.74) is 4.76. The van der Waals surface area contributed by atoms with E-state index in [0.29, 0.717) is 39.5 Å². The van der Waals surface area contributed by atoms with Crippen molar-refractivity contribution in [2.24, 2.45) is 0 Å². The Hall–Kier alpha value is -2.71. The molecule has 8 heteroatoms. The molecule has 186 valence electrons. The van der Waals surface area contributed by atoms with E-state index >= 15 is 0 Å². The molecule has 0 bridgehead atoms. The normalized spacial score (nSPS) is 18.0. The van der Waals surface area contributed by atoms with Crippen molar-refractivity contribution in [1.82, 2.24) is 14.8 Å². The molecule has 35 heavy (non-hydrogen) atoms. The number of halogens is 1. The SMILES string of the molecule is CCOc1cc2c(cc1OC)CCN(C(=O)N1CCOCC1)C2CCc1c[nH]c2ccc(Br)cc12. The number of hydrogen-bond donors (Lipinski definition) is 1. The molecule has 2 aliphatic heterocycles. The van der Waals surface area contributed by atoms with E-state index in [2.05, 4.69) is 56.3 Å². The number of carbonyl (C=O) groups is 1. The van der Waals surface area contributed by atoms with Crippen molar-refractivity contribution in [3.8, 4) is 11.5 Å². The Balaban J connectivity index is 1.49. The van der Waals surface area contributed by atoms with Crippen molar-refractivity contribution in [2.45, 2.75) is 32.2 Å². The van der Waals surface area contributed by atoms with E-state index in [1.165, 1.54) is 16.5 Å². The number of hydrogen-bond acceptors (Lipinski definition) is 4. The summed E-state index contributed by atoms with van der Waals surface area (Å²) in [5.74, 6) is 1.48. The Morgan fingerprint density at radius 1 is 1.17 bits per heavy atom. The van der Waals surface area contributed by atoms with Gasteiger partial charge in [-0.3, -0.25) is 0 Å². The average molecular weight is 542 g/mol. The number of carbonyl (C=O) groups excluding carboxylic acids is 1. The van der Waals surface area contributed by atoms with Crippen LogP contribution in [0.3, 0.4) is 0 Å². The number of H-pyrrole nitrogens is 1. The predicted molar refractivity (Wildman–Crippen MR) is 139 cm³/mol. The van der Waals surface area contributed by atoms with E-state index in [1.807, 2.05) is 17.9 Å². The standard InChI is InChI=1S/C27H32BrN3O4/c1-3-35-26-16-22-18(14-25(26)33-2)8-9-31(27(32)30-10-12-34-13-11-30)24(22)7-4-19-17-29-23-6-5-20(28)15-21(19)23/h5-6,14-17,24,29H,3-4,7-13H2,1-2H3. The van der Waals surface area contributed by atoms with Crippen molar-refractivity contribution < 1.29 is 19.0 Å². The van der Waals surface area contributed by atoms with Crippen LogP contribution in [-0.2, 0) is 17.6 Å². The van der Waals surface area contributed by atoms with Crippen molar-refractivity contribution in [3.63, 3.8) is 0 Å². The molecule has 3 aromatic rings. The van der Waals surface area contributed by atoms with Gasteiger partial charge in [0.1, 0.15) is 0 Å². The first-order chi connectivity index (χ1) is 17.1. The number of fused-ring (bicyclic) bond motifs is 2. The molecule has 1 atom stereocenters. The zero-order valence-corrected chi connectivity index (χ0v) is 21.9. The van der Waals surface area contributed by atoms with Crippen LogP contribution in [0.4, 0.5) is 4.79 Å². The molecular formula is C27H32BrN3O4. The lowest BCUT2D eigenvalue weighted by atomic mass is 9.88. The molecule has 1 aromatic heterocycles. The van der Waals surface area contributed by atoms with Gasteiger partial charge in [-0.15, -0.1) is 0 Å². The number of amides is 2. The fourth-order valence-corrected chi connectivity index (χ4v) is 5.62. The van der Waals surface area contributed by atoms with Crippen molar-refractivity contribution in [1.29, 1.82) is 0 Å². The number of urea groups is 1. The quantitative estimate of drug-likeness (QED) is 0.458. The van der Waals surface area contributed by atoms with E-state index in [-0.39, 0.29) is 12.1 Å². The Bertz CT molecular complexity index is 1200. The number of aryl methyl sites for hydroxylation is 1. The summed E-state index contributed by atoms with van der Waals surface area (Å²) in [5, 5.41) is 1.21. The molecule has 2 aliphatic rings. The van der Waals surface area contributed by atoms with Gasteiger partial charge in [-0.1, -0.05) is 15.9 Å². The molecule has 0 radical (unpaired) electrons. The maximum atomic E-state index is 13.7. The Kier molecular flexibility index (Phi) is 7.20. The Morgan fingerprint density at radius 2 is 2.00 bits per heavy atom. The first-order valence-electron chi connectivity index (χ1n) is 12.3. The minimum absolute atomic E-state index is 0.0451.